The molecule has 0 aromatic heterocycles. The predicted octanol–water partition coefficient (Wildman–Crippen LogP) is 2.89. The third kappa shape index (κ3) is 2.27. The molecule has 0 radical (unpaired) electrons. The molecule has 2 aliphatic rings. The molecule has 124 valence electrons. The Morgan fingerprint density at radius 2 is 2.04 bits per heavy atom. The molecule has 2 unspecified atom stereocenters. The van der Waals surface area contributed by atoms with Crippen molar-refractivity contribution in [1.29, 1.82) is 0 Å². The van der Waals surface area contributed by atoms with Gasteiger partial charge < -0.3 is 9.84 Å². The van der Waals surface area contributed by atoms with Gasteiger partial charge in [-0.2, -0.15) is 0 Å². The number of benzene rings is 2. The number of carboxylic acid groups (broad SMARTS) is 1. The van der Waals surface area contributed by atoms with Gasteiger partial charge in [0.1, 0.15) is 23.6 Å². The molecule has 4 nitrogen and oxygen atoms in total. The number of fused-ring (bicyclic) bond motifs is 3. The monoisotopic (exact) mass is 327 g/mol. The molecule has 1 saturated heterocycles. The van der Waals surface area contributed by atoms with Gasteiger partial charge in [-0.3, -0.25) is 9.69 Å². The summed E-state index contributed by atoms with van der Waals surface area (Å²) >= 11 is 0. The quantitative estimate of drug-likeness (QED) is 0.942. The van der Waals surface area contributed by atoms with Crippen molar-refractivity contribution in [2.45, 2.75) is 12.5 Å². The lowest BCUT2D eigenvalue weighted by Crippen LogP contribution is -2.46. The van der Waals surface area contributed by atoms with Crippen LogP contribution in [-0.4, -0.2) is 35.7 Å². The second-order valence-electron chi connectivity index (χ2n) is 6.61. The fourth-order valence-corrected chi connectivity index (χ4v) is 3.95. The van der Waals surface area contributed by atoms with Crippen LogP contribution in [0, 0.1) is 11.2 Å². The molecular formula is C19H18FNO3. The maximum absolute atomic E-state index is 14.4. The van der Waals surface area contributed by atoms with E-state index in [0.717, 1.165) is 5.56 Å². The summed E-state index contributed by atoms with van der Waals surface area (Å²) in [6.45, 7) is 1.60. The van der Waals surface area contributed by atoms with Crippen molar-refractivity contribution in [2.24, 2.45) is 5.41 Å². The second kappa shape index (κ2) is 5.60. The van der Waals surface area contributed by atoms with Gasteiger partial charge in [0.2, 0.25) is 0 Å². The van der Waals surface area contributed by atoms with Crippen molar-refractivity contribution in [3.05, 3.63) is 65.5 Å². The van der Waals surface area contributed by atoms with Crippen LogP contribution < -0.4 is 4.74 Å². The molecule has 0 saturated carbocycles. The molecule has 2 aromatic rings. The third-order valence-corrected chi connectivity index (χ3v) is 5.14. The summed E-state index contributed by atoms with van der Waals surface area (Å²) in [6, 6.07) is 14.6. The fourth-order valence-electron chi connectivity index (χ4n) is 3.95. The van der Waals surface area contributed by atoms with Crippen LogP contribution in [0.1, 0.15) is 17.0 Å². The zero-order valence-corrected chi connectivity index (χ0v) is 13.1. The standard InChI is InChI=1S/C19H18FNO3/c20-15-7-4-8-16-17(15)14-10-21(9-13-5-2-1-3-6-13)11-19(14,12-24-16)18(22)23/h1-8,14H,9-12H2,(H,22,23). The van der Waals surface area contributed by atoms with E-state index in [1.54, 1.807) is 12.1 Å². The van der Waals surface area contributed by atoms with E-state index in [-0.39, 0.29) is 12.4 Å². The number of ether oxygens (including phenoxy) is 1. The Morgan fingerprint density at radius 1 is 1.25 bits per heavy atom. The van der Waals surface area contributed by atoms with Crippen molar-refractivity contribution in [3.63, 3.8) is 0 Å². The Morgan fingerprint density at radius 3 is 2.79 bits per heavy atom. The highest BCUT2D eigenvalue weighted by molar-refractivity contribution is 5.78. The Hall–Kier alpha value is -2.40. The number of hydrogen-bond donors (Lipinski definition) is 1. The SMILES string of the molecule is O=C(O)C12COc3cccc(F)c3C1CN(Cc1ccccc1)C2. The largest absolute Gasteiger partial charge is 0.492 e. The van der Waals surface area contributed by atoms with Crippen LogP contribution in [0.5, 0.6) is 5.75 Å². The summed E-state index contributed by atoms with van der Waals surface area (Å²) in [5, 5.41) is 9.87. The molecule has 1 N–H and O–H groups in total. The van der Waals surface area contributed by atoms with Crippen LogP contribution in [-0.2, 0) is 11.3 Å². The molecule has 2 atom stereocenters. The van der Waals surface area contributed by atoms with Crippen LogP contribution in [0.25, 0.3) is 0 Å². The van der Waals surface area contributed by atoms with Gasteiger partial charge in [0.15, 0.2) is 0 Å². The van der Waals surface area contributed by atoms with E-state index >= 15 is 0 Å². The number of hydrogen-bond acceptors (Lipinski definition) is 3. The average molecular weight is 327 g/mol. The van der Waals surface area contributed by atoms with Crippen molar-refractivity contribution in [3.8, 4) is 5.75 Å². The summed E-state index contributed by atoms with van der Waals surface area (Å²) in [4.78, 5) is 14.1. The molecule has 1 fully saturated rings. The number of halogens is 1. The number of nitrogens with zero attached hydrogens (tertiary/aromatic N) is 1. The van der Waals surface area contributed by atoms with E-state index in [2.05, 4.69) is 4.90 Å². The van der Waals surface area contributed by atoms with Gasteiger partial charge in [0.05, 0.1) is 0 Å². The van der Waals surface area contributed by atoms with Gasteiger partial charge in [-0.15, -0.1) is 0 Å². The summed E-state index contributed by atoms with van der Waals surface area (Å²) in [5.74, 6) is -1.23. The summed E-state index contributed by atoms with van der Waals surface area (Å²) < 4.78 is 20.0. The first-order valence-electron chi connectivity index (χ1n) is 8.01. The highest BCUT2D eigenvalue weighted by atomic mass is 19.1. The number of aliphatic carboxylic acids is 1. The summed E-state index contributed by atoms with van der Waals surface area (Å²) in [5.41, 5.74) is 0.428. The lowest BCUT2D eigenvalue weighted by atomic mass is 9.73. The number of likely N-dealkylation sites (tertiary alicyclic amines) is 1. The Kier molecular flexibility index (Phi) is 3.53. The molecule has 0 aliphatic carbocycles. The van der Waals surface area contributed by atoms with Gasteiger partial charge in [-0.1, -0.05) is 36.4 Å². The minimum Gasteiger partial charge on any atom is -0.492 e. The van der Waals surface area contributed by atoms with E-state index in [4.69, 9.17) is 4.74 Å². The molecule has 5 heteroatoms. The Balaban J connectivity index is 1.70. The van der Waals surface area contributed by atoms with Crippen LogP contribution in [0.4, 0.5) is 4.39 Å². The van der Waals surface area contributed by atoms with Crippen LogP contribution in [0.3, 0.4) is 0 Å². The van der Waals surface area contributed by atoms with Gasteiger partial charge in [0, 0.05) is 31.1 Å². The van der Waals surface area contributed by atoms with Gasteiger partial charge in [0.25, 0.3) is 0 Å². The van der Waals surface area contributed by atoms with Crippen molar-refractivity contribution in [2.75, 3.05) is 19.7 Å². The lowest BCUT2D eigenvalue weighted by molar-refractivity contribution is -0.152. The average Bonchev–Trinajstić information content (AvgIpc) is 2.95. The van der Waals surface area contributed by atoms with Crippen molar-refractivity contribution >= 4 is 5.97 Å². The molecule has 4 rings (SSSR count). The second-order valence-corrected chi connectivity index (χ2v) is 6.61. The molecule has 0 spiro atoms. The highest BCUT2D eigenvalue weighted by Gasteiger charge is 2.57. The fraction of sp³-hybridized carbons (Fsp3) is 0.316. The van der Waals surface area contributed by atoms with Gasteiger partial charge in [-0.05, 0) is 17.7 Å². The van der Waals surface area contributed by atoms with E-state index in [9.17, 15) is 14.3 Å². The smallest absolute Gasteiger partial charge is 0.315 e. The maximum atomic E-state index is 14.4. The Labute approximate surface area is 139 Å². The minimum absolute atomic E-state index is 0.0781. The first-order chi connectivity index (χ1) is 11.6. The lowest BCUT2D eigenvalue weighted by Gasteiger charge is -2.36. The van der Waals surface area contributed by atoms with Crippen LogP contribution >= 0.6 is 0 Å². The third-order valence-electron chi connectivity index (χ3n) is 5.14. The number of carboxylic acids is 1. The van der Waals surface area contributed by atoms with E-state index in [1.807, 2.05) is 30.3 Å². The first kappa shape index (κ1) is 15.1. The highest BCUT2D eigenvalue weighted by Crippen LogP contribution is 2.50. The first-order valence-corrected chi connectivity index (χ1v) is 8.01. The Bertz CT molecular complexity index is 779. The van der Waals surface area contributed by atoms with Crippen LogP contribution in [0.15, 0.2) is 48.5 Å². The summed E-state index contributed by atoms with van der Waals surface area (Å²) in [6.07, 6.45) is 0. The minimum atomic E-state index is -1.09. The summed E-state index contributed by atoms with van der Waals surface area (Å²) in [7, 11) is 0. The number of rotatable bonds is 3. The molecule has 0 bridgehead atoms. The topological polar surface area (TPSA) is 49.8 Å². The van der Waals surface area contributed by atoms with E-state index in [1.165, 1.54) is 6.07 Å². The maximum Gasteiger partial charge on any atom is 0.315 e. The van der Waals surface area contributed by atoms with Crippen LogP contribution in [0.2, 0.25) is 0 Å². The van der Waals surface area contributed by atoms with E-state index in [0.29, 0.717) is 30.9 Å². The van der Waals surface area contributed by atoms with Gasteiger partial charge in [-0.25, -0.2) is 4.39 Å². The molecule has 2 heterocycles. The normalized spacial score (nSPS) is 25.6. The molecule has 0 amide bonds. The molecule has 2 aromatic carbocycles. The van der Waals surface area contributed by atoms with Gasteiger partial charge >= 0.3 is 5.97 Å². The zero-order chi connectivity index (χ0) is 16.7. The van der Waals surface area contributed by atoms with Crippen molar-refractivity contribution in [1.82, 2.24) is 4.90 Å². The van der Waals surface area contributed by atoms with Crippen molar-refractivity contribution < 1.29 is 19.0 Å². The molecule has 24 heavy (non-hydrogen) atoms. The molecular weight excluding hydrogens is 309 g/mol. The zero-order valence-electron chi connectivity index (χ0n) is 13.1. The molecule has 2 aliphatic heterocycles. The predicted molar refractivity (Wildman–Crippen MR) is 86.4 cm³/mol. The van der Waals surface area contributed by atoms with E-state index < -0.39 is 17.3 Å². The number of carbonyl (C=O) groups is 1.